The van der Waals surface area contributed by atoms with Crippen molar-refractivity contribution in [2.75, 3.05) is 11.5 Å². The third-order valence-electron chi connectivity index (χ3n) is 3.40. The van der Waals surface area contributed by atoms with Crippen LogP contribution in [0.4, 0.5) is 0 Å². The van der Waals surface area contributed by atoms with E-state index in [1.807, 2.05) is 11.8 Å². The number of aromatic nitrogens is 1. The highest BCUT2D eigenvalue weighted by Gasteiger charge is 2.20. The average Bonchev–Trinajstić information content (AvgIpc) is 3.09. The van der Waals surface area contributed by atoms with Crippen LogP contribution in [-0.4, -0.2) is 22.1 Å². The van der Waals surface area contributed by atoms with E-state index in [0.29, 0.717) is 0 Å². The summed E-state index contributed by atoms with van der Waals surface area (Å²) >= 11 is 2.04. The molecule has 1 saturated carbocycles. The van der Waals surface area contributed by atoms with Gasteiger partial charge in [-0.2, -0.15) is 11.8 Å². The van der Waals surface area contributed by atoms with E-state index in [9.17, 15) is 0 Å². The number of aryl methyl sites for hydroxylation is 1. The quantitative estimate of drug-likeness (QED) is 0.716. The van der Waals surface area contributed by atoms with Crippen LogP contribution in [0.1, 0.15) is 37.4 Å². The van der Waals surface area contributed by atoms with Crippen LogP contribution in [0.25, 0.3) is 0 Å². The molecule has 0 unspecified atom stereocenters. The lowest BCUT2D eigenvalue weighted by Gasteiger charge is -2.08. The largest absolute Gasteiger partial charge is 0.351 e. The minimum absolute atomic E-state index is 0.804. The van der Waals surface area contributed by atoms with Gasteiger partial charge in [0.1, 0.15) is 0 Å². The Morgan fingerprint density at radius 2 is 2.29 bits per heavy atom. The standard InChI is InChI=1S/C14H24N2S/c1-3-17-10-4-8-16-9-7-13(12(16)2)11-15-14-5-6-14/h7,9,14-15H,3-6,8,10-11H2,1-2H3. The lowest BCUT2D eigenvalue weighted by molar-refractivity contribution is 0.652. The van der Waals surface area contributed by atoms with Gasteiger partial charge in [-0.05, 0) is 49.3 Å². The van der Waals surface area contributed by atoms with Crippen molar-refractivity contribution in [2.45, 2.75) is 52.2 Å². The van der Waals surface area contributed by atoms with Gasteiger partial charge >= 0.3 is 0 Å². The third-order valence-corrected chi connectivity index (χ3v) is 4.39. The molecule has 1 aliphatic rings. The van der Waals surface area contributed by atoms with Gasteiger partial charge in [0.25, 0.3) is 0 Å². The summed E-state index contributed by atoms with van der Waals surface area (Å²) in [7, 11) is 0. The van der Waals surface area contributed by atoms with Crippen molar-refractivity contribution in [2.24, 2.45) is 0 Å². The molecule has 0 amide bonds. The van der Waals surface area contributed by atoms with Gasteiger partial charge in [0.15, 0.2) is 0 Å². The van der Waals surface area contributed by atoms with Crippen molar-refractivity contribution < 1.29 is 0 Å². The maximum Gasteiger partial charge on any atom is 0.0230 e. The molecule has 2 nitrogen and oxygen atoms in total. The van der Waals surface area contributed by atoms with Gasteiger partial charge in [-0.15, -0.1) is 0 Å². The maximum atomic E-state index is 3.59. The van der Waals surface area contributed by atoms with Crippen LogP contribution in [0.2, 0.25) is 0 Å². The Bertz CT molecular complexity index is 342. The molecule has 0 radical (unpaired) electrons. The van der Waals surface area contributed by atoms with Gasteiger partial charge in [0.05, 0.1) is 0 Å². The second kappa shape index (κ2) is 6.50. The molecule has 96 valence electrons. The van der Waals surface area contributed by atoms with Crippen LogP contribution in [0, 0.1) is 6.92 Å². The van der Waals surface area contributed by atoms with Crippen LogP contribution < -0.4 is 5.32 Å². The summed E-state index contributed by atoms with van der Waals surface area (Å²) in [5.74, 6) is 2.52. The van der Waals surface area contributed by atoms with E-state index in [1.165, 1.54) is 48.6 Å². The van der Waals surface area contributed by atoms with Crippen LogP contribution in [0.5, 0.6) is 0 Å². The second-order valence-corrected chi connectivity index (χ2v) is 6.22. The minimum atomic E-state index is 0.804. The summed E-state index contributed by atoms with van der Waals surface area (Å²) in [4.78, 5) is 0. The second-order valence-electron chi connectivity index (χ2n) is 4.83. The zero-order valence-corrected chi connectivity index (χ0v) is 11.9. The zero-order valence-electron chi connectivity index (χ0n) is 11.0. The Kier molecular flexibility index (Phi) is 4.99. The van der Waals surface area contributed by atoms with E-state index in [0.717, 1.165) is 12.6 Å². The normalized spacial score (nSPS) is 15.4. The lowest BCUT2D eigenvalue weighted by atomic mass is 10.2. The molecule has 0 aliphatic heterocycles. The highest BCUT2D eigenvalue weighted by molar-refractivity contribution is 7.99. The zero-order chi connectivity index (χ0) is 12.1. The lowest BCUT2D eigenvalue weighted by Crippen LogP contribution is -2.15. The highest BCUT2D eigenvalue weighted by Crippen LogP contribution is 2.20. The van der Waals surface area contributed by atoms with Gasteiger partial charge in [-0.1, -0.05) is 6.92 Å². The van der Waals surface area contributed by atoms with E-state index in [1.54, 1.807) is 0 Å². The predicted octanol–water partition coefficient (Wildman–Crippen LogP) is 3.19. The summed E-state index contributed by atoms with van der Waals surface area (Å²) in [6, 6.07) is 3.08. The summed E-state index contributed by atoms with van der Waals surface area (Å²) in [6.45, 7) is 6.69. The Morgan fingerprint density at radius 1 is 1.47 bits per heavy atom. The molecule has 1 aliphatic carbocycles. The van der Waals surface area contributed by atoms with Crippen molar-refractivity contribution in [3.8, 4) is 0 Å². The van der Waals surface area contributed by atoms with E-state index in [-0.39, 0.29) is 0 Å². The molecule has 1 aromatic heterocycles. The molecule has 1 heterocycles. The van der Waals surface area contributed by atoms with Crippen molar-refractivity contribution in [1.82, 2.24) is 9.88 Å². The van der Waals surface area contributed by atoms with E-state index in [2.05, 4.69) is 36.0 Å². The molecule has 0 atom stereocenters. The highest BCUT2D eigenvalue weighted by atomic mass is 32.2. The van der Waals surface area contributed by atoms with E-state index in [4.69, 9.17) is 0 Å². The fourth-order valence-corrected chi connectivity index (χ4v) is 2.67. The summed E-state index contributed by atoms with van der Waals surface area (Å²) < 4.78 is 2.40. The molecule has 17 heavy (non-hydrogen) atoms. The molecular formula is C14H24N2S. The maximum absolute atomic E-state index is 3.59. The summed E-state index contributed by atoms with van der Waals surface area (Å²) in [5.41, 5.74) is 2.92. The topological polar surface area (TPSA) is 17.0 Å². The molecule has 0 spiro atoms. The first-order valence-corrected chi connectivity index (χ1v) is 7.92. The van der Waals surface area contributed by atoms with Crippen molar-refractivity contribution in [3.63, 3.8) is 0 Å². The molecular weight excluding hydrogens is 228 g/mol. The number of hydrogen-bond donors (Lipinski definition) is 1. The van der Waals surface area contributed by atoms with Gasteiger partial charge in [0, 0.05) is 31.0 Å². The molecule has 1 aromatic rings. The minimum Gasteiger partial charge on any atom is -0.351 e. The van der Waals surface area contributed by atoms with E-state index >= 15 is 0 Å². The van der Waals surface area contributed by atoms with Crippen LogP contribution in [0.15, 0.2) is 12.3 Å². The molecule has 0 saturated heterocycles. The summed E-state index contributed by atoms with van der Waals surface area (Å²) in [6.07, 6.45) is 6.27. The smallest absolute Gasteiger partial charge is 0.0230 e. The van der Waals surface area contributed by atoms with Crippen LogP contribution in [0.3, 0.4) is 0 Å². The van der Waals surface area contributed by atoms with Gasteiger partial charge in [0.2, 0.25) is 0 Å². The van der Waals surface area contributed by atoms with Gasteiger partial charge in [-0.3, -0.25) is 0 Å². The molecule has 3 heteroatoms. The number of thioether (sulfide) groups is 1. The van der Waals surface area contributed by atoms with Gasteiger partial charge < -0.3 is 9.88 Å². The van der Waals surface area contributed by atoms with Crippen LogP contribution in [-0.2, 0) is 13.1 Å². The third kappa shape index (κ3) is 4.07. The molecule has 1 fully saturated rings. The number of nitrogens with zero attached hydrogens (tertiary/aromatic N) is 1. The number of rotatable bonds is 8. The van der Waals surface area contributed by atoms with Crippen molar-refractivity contribution in [1.29, 1.82) is 0 Å². The summed E-state index contributed by atoms with van der Waals surface area (Å²) in [5, 5.41) is 3.59. The van der Waals surface area contributed by atoms with Crippen molar-refractivity contribution in [3.05, 3.63) is 23.5 Å². The fraction of sp³-hybridized carbons (Fsp3) is 0.714. The molecule has 0 aromatic carbocycles. The van der Waals surface area contributed by atoms with Crippen molar-refractivity contribution >= 4 is 11.8 Å². The Balaban J connectivity index is 1.76. The van der Waals surface area contributed by atoms with E-state index < -0.39 is 0 Å². The molecule has 0 bridgehead atoms. The first-order valence-electron chi connectivity index (χ1n) is 6.77. The fourth-order valence-electron chi connectivity index (χ4n) is 2.05. The Labute approximate surface area is 109 Å². The molecule has 2 rings (SSSR count). The van der Waals surface area contributed by atoms with Crippen LogP contribution >= 0.6 is 11.8 Å². The Morgan fingerprint density at radius 3 is 3.00 bits per heavy atom. The number of nitrogens with one attached hydrogen (secondary N) is 1. The first-order chi connectivity index (χ1) is 8.31. The molecule has 1 N–H and O–H groups in total. The Hall–Kier alpha value is -0.410. The first kappa shape index (κ1) is 13.0. The van der Waals surface area contributed by atoms with Gasteiger partial charge in [-0.25, -0.2) is 0 Å². The predicted molar refractivity (Wildman–Crippen MR) is 76.6 cm³/mol. The SMILES string of the molecule is CCSCCCn1ccc(CNC2CC2)c1C. The number of hydrogen-bond acceptors (Lipinski definition) is 2. The average molecular weight is 252 g/mol. The monoisotopic (exact) mass is 252 g/mol.